The molecule has 0 unspecified atom stereocenters. The van der Waals surface area contributed by atoms with Crippen molar-refractivity contribution in [1.29, 1.82) is 0 Å². The van der Waals surface area contributed by atoms with Crippen molar-refractivity contribution in [2.75, 3.05) is 16.3 Å². The van der Waals surface area contributed by atoms with E-state index in [1.165, 1.54) is 18.2 Å². The molecule has 2 rings (SSSR count). The Morgan fingerprint density at radius 2 is 1.70 bits per heavy atom. The van der Waals surface area contributed by atoms with E-state index in [1.807, 2.05) is 32.0 Å². The predicted octanol–water partition coefficient (Wildman–Crippen LogP) is 3.58. The summed E-state index contributed by atoms with van der Waals surface area (Å²) in [5.74, 6) is -0.310. The van der Waals surface area contributed by atoms with Gasteiger partial charge in [0.15, 0.2) is 0 Å². The Balaban J connectivity index is 2.25. The molecule has 0 aliphatic rings. The summed E-state index contributed by atoms with van der Waals surface area (Å²) < 4.78 is 24.8. The minimum atomic E-state index is -3.43. The Hall–Kier alpha value is -2.05. The Morgan fingerprint density at radius 1 is 1.09 bits per heavy atom. The third-order valence-corrected chi connectivity index (χ3v) is 4.15. The summed E-state index contributed by atoms with van der Waals surface area (Å²) in [5, 5.41) is 3.01. The number of aryl methyl sites for hydroxylation is 2. The van der Waals surface area contributed by atoms with Crippen LogP contribution in [0, 0.1) is 13.8 Å². The minimum absolute atomic E-state index is 0.157. The molecule has 0 atom stereocenters. The van der Waals surface area contributed by atoms with Crippen LogP contribution in [0.4, 0.5) is 11.4 Å². The number of benzene rings is 2. The quantitative estimate of drug-likeness (QED) is 0.883. The molecule has 0 fully saturated rings. The summed E-state index contributed by atoms with van der Waals surface area (Å²) >= 11 is 6.04. The molecule has 0 spiro atoms. The Morgan fingerprint density at radius 3 is 2.22 bits per heavy atom. The number of hydrogen-bond acceptors (Lipinski definition) is 3. The standard InChI is InChI=1S/C16H17ClN2O3S/c1-10-5-4-6-11(2)15(10)18-16(20)12-7-8-14(13(17)9-12)19-23(3,21)22/h4-9,19H,1-3H3,(H,18,20). The smallest absolute Gasteiger partial charge is 0.255 e. The minimum Gasteiger partial charge on any atom is -0.322 e. The molecule has 122 valence electrons. The van der Waals surface area contributed by atoms with Crippen LogP contribution in [-0.4, -0.2) is 20.6 Å². The van der Waals surface area contributed by atoms with E-state index in [4.69, 9.17) is 11.6 Å². The van der Waals surface area contributed by atoms with Crippen LogP contribution in [0.5, 0.6) is 0 Å². The summed E-state index contributed by atoms with van der Waals surface area (Å²) in [6.45, 7) is 3.82. The van der Waals surface area contributed by atoms with E-state index < -0.39 is 10.0 Å². The first-order chi connectivity index (χ1) is 10.7. The highest BCUT2D eigenvalue weighted by atomic mass is 35.5. The maximum Gasteiger partial charge on any atom is 0.255 e. The molecule has 0 aliphatic carbocycles. The van der Waals surface area contributed by atoms with Gasteiger partial charge in [0.05, 0.1) is 17.0 Å². The van der Waals surface area contributed by atoms with E-state index in [0.29, 0.717) is 5.56 Å². The average Bonchev–Trinajstić information content (AvgIpc) is 2.43. The van der Waals surface area contributed by atoms with Crippen LogP contribution in [-0.2, 0) is 10.0 Å². The lowest BCUT2D eigenvalue weighted by Gasteiger charge is -2.12. The van der Waals surface area contributed by atoms with Gasteiger partial charge in [-0.25, -0.2) is 8.42 Å². The molecular formula is C16H17ClN2O3S. The molecule has 23 heavy (non-hydrogen) atoms. The number of para-hydroxylation sites is 1. The second-order valence-corrected chi connectivity index (χ2v) is 7.45. The van der Waals surface area contributed by atoms with Crippen molar-refractivity contribution < 1.29 is 13.2 Å². The van der Waals surface area contributed by atoms with E-state index >= 15 is 0 Å². The number of carbonyl (C=O) groups excluding carboxylic acids is 1. The molecule has 0 saturated carbocycles. The van der Waals surface area contributed by atoms with Gasteiger partial charge in [-0.1, -0.05) is 29.8 Å². The Labute approximate surface area is 140 Å². The van der Waals surface area contributed by atoms with Gasteiger partial charge in [-0.3, -0.25) is 9.52 Å². The normalized spacial score (nSPS) is 11.1. The van der Waals surface area contributed by atoms with Gasteiger partial charge in [-0.2, -0.15) is 0 Å². The molecule has 0 saturated heterocycles. The maximum absolute atomic E-state index is 12.4. The van der Waals surface area contributed by atoms with Crippen LogP contribution < -0.4 is 10.0 Å². The first-order valence-corrected chi connectivity index (χ1v) is 9.09. The third-order valence-electron chi connectivity index (χ3n) is 3.25. The van der Waals surface area contributed by atoms with E-state index in [0.717, 1.165) is 23.1 Å². The zero-order chi connectivity index (χ0) is 17.2. The summed E-state index contributed by atoms with van der Waals surface area (Å²) in [7, 11) is -3.43. The number of sulfonamides is 1. The predicted molar refractivity (Wildman–Crippen MR) is 93.8 cm³/mol. The molecule has 0 bridgehead atoms. The van der Waals surface area contributed by atoms with Crippen molar-refractivity contribution >= 4 is 38.9 Å². The average molecular weight is 353 g/mol. The van der Waals surface area contributed by atoms with Crippen molar-refractivity contribution in [1.82, 2.24) is 0 Å². The first kappa shape index (κ1) is 17.3. The molecule has 0 aromatic heterocycles. The van der Waals surface area contributed by atoms with Gasteiger partial charge >= 0.3 is 0 Å². The van der Waals surface area contributed by atoms with E-state index in [-0.39, 0.29) is 16.6 Å². The molecule has 2 aromatic rings. The number of halogens is 1. The van der Waals surface area contributed by atoms with Crippen LogP contribution >= 0.6 is 11.6 Å². The summed E-state index contributed by atoms with van der Waals surface area (Å²) in [5.41, 5.74) is 3.25. The number of rotatable bonds is 4. The summed E-state index contributed by atoms with van der Waals surface area (Å²) in [6, 6.07) is 10.1. The summed E-state index contributed by atoms with van der Waals surface area (Å²) in [4.78, 5) is 12.4. The van der Waals surface area contributed by atoms with E-state index in [9.17, 15) is 13.2 Å². The zero-order valence-corrected chi connectivity index (χ0v) is 14.5. The van der Waals surface area contributed by atoms with Crippen LogP contribution in [0.2, 0.25) is 5.02 Å². The van der Waals surface area contributed by atoms with E-state index in [1.54, 1.807) is 0 Å². The topological polar surface area (TPSA) is 75.3 Å². The highest BCUT2D eigenvalue weighted by molar-refractivity contribution is 7.92. The number of nitrogens with one attached hydrogen (secondary N) is 2. The van der Waals surface area contributed by atoms with Crippen molar-refractivity contribution in [3.8, 4) is 0 Å². The van der Waals surface area contributed by atoms with Crippen LogP contribution in [0.25, 0.3) is 0 Å². The fourth-order valence-corrected chi connectivity index (χ4v) is 3.00. The molecule has 0 radical (unpaired) electrons. The van der Waals surface area contributed by atoms with Crippen LogP contribution in [0.15, 0.2) is 36.4 Å². The SMILES string of the molecule is Cc1cccc(C)c1NC(=O)c1ccc(NS(C)(=O)=O)c(Cl)c1. The maximum atomic E-state index is 12.4. The molecule has 5 nitrogen and oxygen atoms in total. The lowest BCUT2D eigenvalue weighted by Crippen LogP contribution is -2.14. The van der Waals surface area contributed by atoms with Gasteiger partial charge < -0.3 is 5.32 Å². The number of carbonyl (C=O) groups is 1. The van der Waals surface area contributed by atoms with Gasteiger partial charge in [-0.15, -0.1) is 0 Å². The largest absolute Gasteiger partial charge is 0.322 e. The first-order valence-electron chi connectivity index (χ1n) is 6.82. The summed E-state index contributed by atoms with van der Waals surface area (Å²) in [6.07, 6.45) is 1.03. The van der Waals surface area contributed by atoms with Crippen LogP contribution in [0.3, 0.4) is 0 Å². The second-order valence-electron chi connectivity index (χ2n) is 5.29. The Kier molecular flexibility index (Phi) is 4.97. The molecular weight excluding hydrogens is 336 g/mol. The molecule has 0 heterocycles. The lowest BCUT2D eigenvalue weighted by molar-refractivity contribution is 0.102. The fourth-order valence-electron chi connectivity index (χ4n) is 2.14. The van der Waals surface area contributed by atoms with Crippen molar-refractivity contribution in [2.24, 2.45) is 0 Å². The number of anilines is 2. The van der Waals surface area contributed by atoms with Crippen molar-refractivity contribution in [2.45, 2.75) is 13.8 Å². The van der Waals surface area contributed by atoms with Gasteiger partial charge in [0, 0.05) is 11.3 Å². The molecule has 1 amide bonds. The van der Waals surface area contributed by atoms with Crippen LogP contribution in [0.1, 0.15) is 21.5 Å². The number of amides is 1. The van der Waals surface area contributed by atoms with Gasteiger partial charge in [0.1, 0.15) is 0 Å². The van der Waals surface area contributed by atoms with Gasteiger partial charge in [0.25, 0.3) is 5.91 Å². The van der Waals surface area contributed by atoms with E-state index in [2.05, 4.69) is 10.0 Å². The highest BCUT2D eigenvalue weighted by Gasteiger charge is 2.13. The van der Waals surface area contributed by atoms with Gasteiger partial charge in [0.2, 0.25) is 10.0 Å². The monoisotopic (exact) mass is 352 g/mol. The molecule has 2 aromatic carbocycles. The zero-order valence-electron chi connectivity index (χ0n) is 13.0. The number of hydrogen-bond donors (Lipinski definition) is 2. The third kappa shape index (κ3) is 4.46. The Bertz CT molecular complexity index is 843. The lowest BCUT2D eigenvalue weighted by atomic mass is 10.1. The highest BCUT2D eigenvalue weighted by Crippen LogP contribution is 2.25. The van der Waals surface area contributed by atoms with Crippen molar-refractivity contribution in [3.05, 3.63) is 58.1 Å². The molecule has 2 N–H and O–H groups in total. The second kappa shape index (κ2) is 6.60. The van der Waals surface area contributed by atoms with Gasteiger partial charge in [-0.05, 0) is 43.2 Å². The molecule has 0 aliphatic heterocycles. The molecule has 7 heteroatoms. The fraction of sp³-hybridized carbons (Fsp3) is 0.188. The van der Waals surface area contributed by atoms with Crippen molar-refractivity contribution in [3.63, 3.8) is 0 Å².